The predicted molar refractivity (Wildman–Crippen MR) is 89.3 cm³/mol. The summed E-state index contributed by atoms with van der Waals surface area (Å²) in [7, 11) is 0. The van der Waals surface area contributed by atoms with E-state index in [4.69, 9.17) is 14.2 Å². The van der Waals surface area contributed by atoms with Gasteiger partial charge < -0.3 is 14.2 Å². The normalized spacial score (nSPS) is 12.4. The van der Waals surface area contributed by atoms with Crippen molar-refractivity contribution in [3.63, 3.8) is 0 Å². The van der Waals surface area contributed by atoms with Crippen LogP contribution in [0.5, 0.6) is 11.5 Å². The number of ether oxygens (including phenoxy) is 3. The van der Waals surface area contributed by atoms with Crippen molar-refractivity contribution in [1.29, 1.82) is 0 Å². The first-order valence-corrected chi connectivity index (χ1v) is 8.50. The Morgan fingerprint density at radius 3 is 2.96 bits per heavy atom. The van der Waals surface area contributed by atoms with Crippen LogP contribution in [0.3, 0.4) is 0 Å². The van der Waals surface area contributed by atoms with E-state index in [0.717, 1.165) is 5.69 Å². The van der Waals surface area contributed by atoms with E-state index in [2.05, 4.69) is 15.3 Å². The number of carbonyl (C=O) groups excluding carboxylic acids is 1. The second-order valence-corrected chi connectivity index (χ2v) is 6.09. The molecule has 0 spiro atoms. The molecule has 0 saturated heterocycles. The number of rotatable bonds is 4. The van der Waals surface area contributed by atoms with E-state index >= 15 is 0 Å². The number of aryl methyl sites for hydroxylation is 1. The van der Waals surface area contributed by atoms with Gasteiger partial charge in [-0.1, -0.05) is 5.21 Å². The number of thiazole rings is 1. The largest absolute Gasteiger partial charge is 0.461 e. The molecule has 25 heavy (non-hydrogen) atoms. The molecule has 2 aromatic heterocycles. The van der Waals surface area contributed by atoms with Crippen molar-refractivity contribution >= 4 is 17.3 Å². The molecular formula is C16H14N4O4S. The maximum atomic E-state index is 12.3. The molecule has 0 atom stereocenters. The van der Waals surface area contributed by atoms with Gasteiger partial charge in [-0.15, -0.1) is 16.4 Å². The number of esters is 1. The maximum Gasteiger partial charge on any atom is 0.361 e. The van der Waals surface area contributed by atoms with Gasteiger partial charge in [-0.2, -0.15) is 4.68 Å². The van der Waals surface area contributed by atoms with Crippen molar-refractivity contribution < 1.29 is 19.0 Å². The number of carbonyl (C=O) groups is 1. The molecule has 1 aliphatic rings. The fourth-order valence-electron chi connectivity index (χ4n) is 2.49. The Labute approximate surface area is 147 Å². The van der Waals surface area contributed by atoms with Crippen molar-refractivity contribution in [2.75, 3.05) is 13.4 Å². The van der Waals surface area contributed by atoms with Crippen LogP contribution >= 0.6 is 11.3 Å². The first-order chi connectivity index (χ1) is 12.2. The fraction of sp³-hybridized carbons (Fsp3) is 0.250. The van der Waals surface area contributed by atoms with Gasteiger partial charge in [0.1, 0.15) is 5.69 Å². The quantitative estimate of drug-likeness (QED) is 0.662. The van der Waals surface area contributed by atoms with E-state index < -0.39 is 5.97 Å². The minimum absolute atomic E-state index is 0.133. The van der Waals surface area contributed by atoms with Gasteiger partial charge in [0, 0.05) is 10.9 Å². The van der Waals surface area contributed by atoms with Crippen molar-refractivity contribution in [3.8, 4) is 27.9 Å². The molecule has 0 amide bonds. The molecule has 1 aliphatic heterocycles. The zero-order valence-electron chi connectivity index (χ0n) is 13.6. The zero-order chi connectivity index (χ0) is 17.4. The standard InChI is InChI=1S/C16H14N4O4S/c1-3-22-15(21)13-14(10-4-5-11-12(6-10)24-8-23-11)20(19-18-13)16-17-9(2)7-25-16/h4-7H,3,8H2,1-2H3. The smallest absolute Gasteiger partial charge is 0.361 e. The lowest BCUT2D eigenvalue weighted by atomic mass is 10.1. The van der Waals surface area contributed by atoms with Crippen LogP contribution in [0, 0.1) is 6.92 Å². The van der Waals surface area contributed by atoms with E-state index in [9.17, 15) is 4.79 Å². The van der Waals surface area contributed by atoms with Gasteiger partial charge in [0.25, 0.3) is 0 Å². The van der Waals surface area contributed by atoms with Crippen molar-refractivity contribution in [2.45, 2.75) is 13.8 Å². The summed E-state index contributed by atoms with van der Waals surface area (Å²) in [6.45, 7) is 4.06. The summed E-state index contributed by atoms with van der Waals surface area (Å²) in [5.41, 5.74) is 2.22. The van der Waals surface area contributed by atoms with E-state index in [1.807, 2.05) is 18.4 Å². The lowest BCUT2D eigenvalue weighted by Gasteiger charge is -2.07. The molecule has 128 valence electrons. The summed E-state index contributed by atoms with van der Waals surface area (Å²) in [6, 6.07) is 5.41. The first kappa shape index (κ1) is 15.6. The van der Waals surface area contributed by atoms with Crippen LogP contribution in [0.25, 0.3) is 16.4 Å². The summed E-state index contributed by atoms with van der Waals surface area (Å²) in [6.07, 6.45) is 0. The van der Waals surface area contributed by atoms with Crippen LogP contribution in [0.2, 0.25) is 0 Å². The van der Waals surface area contributed by atoms with E-state index in [-0.39, 0.29) is 19.1 Å². The summed E-state index contributed by atoms with van der Waals surface area (Å²) in [5.74, 6) is 0.732. The predicted octanol–water partition coefficient (Wildman–Crippen LogP) is 2.60. The molecule has 0 aliphatic carbocycles. The number of fused-ring (bicyclic) bond motifs is 1. The summed E-state index contributed by atoms with van der Waals surface area (Å²) in [4.78, 5) is 16.7. The van der Waals surface area contributed by atoms with Crippen molar-refractivity contribution in [1.82, 2.24) is 20.0 Å². The number of nitrogens with zero attached hydrogens (tertiary/aromatic N) is 4. The minimum Gasteiger partial charge on any atom is -0.461 e. The second kappa shape index (κ2) is 6.17. The average Bonchev–Trinajstić information content (AvgIpc) is 3.32. The topological polar surface area (TPSA) is 88.4 Å². The van der Waals surface area contributed by atoms with Crippen LogP contribution in [-0.2, 0) is 4.74 Å². The molecule has 9 heteroatoms. The summed E-state index contributed by atoms with van der Waals surface area (Å²) in [5, 5.41) is 10.7. The molecule has 0 radical (unpaired) electrons. The molecule has 0 saturated carbocycles. The maximum absolute atomic E-state index is 12.3. The van der Waals surface area contributed by atoms with Gasteiger partial charge in [0.15, 0.2) is 17.2 Å². The van der Waals surface area contributed by atoms with Crippen LogP contribution in [0.1, 0.15) is 23.1 Å². The number of benzene rings is 1. The highest BCUT2D eigenvalue weighted by Crippen LogP contribution is 2.37. The Morgan fingerprint density at radius 2 is 2.20 bits per heavy atom. The van der Waals surface area contributed by atoms with Gasteiger partial charge in [-0.3, -0.25) is 0 Å². The average molecular weight is 358 g/mol. The Bertz CT molecular complexity index is 950. The number of hydrogen-bond acceptors (Lipinski definition) is 8. The SMILES string of the molecule is CCOC(=O)c1nnn(-c2nc(C)cs2)c1-c1ccc2c(c1)OCO2. The van der Waals surface area contributed by atoms with Crippen LogP contribution in [-0.4, -0.2) is 39.3 Å². The Hall–Kier alpha value is -2.94. The minimum atomic E-state index is -0.533. The van der Waals surface area contributed by atoms with E-state index in [1.54, 1.807) is 23.7 Å². The Kier molecular flexibility index (Phi) is 3.85. The molecule has 1 aromatic carbocycles. The first-order valence-electron chi connectivity index (χ1n) is 7.62. The molecule has 4 rings (SSSR count). The third-order valence-corrected chi connectivity index (χ3v) is 4.51. The number of aromatic nitrogens is 4. The van der Waals surface area contributed by atoms with E-state index in [1.165, 1.54) is 11.3 Å². The van der Waals surface area contributed by atoms with Gasteiger partial charge in [-0.05, 0) is 32.0 Å². The second-order valence-electron chi connectivity index (χ2n) is 5.26. The lowest BCUT2D eigenvalue weighted by molar-refractivity contribution is 0.0520. The summed E-state index contributed by atoms with van der Waals surface area (Å²) < 4.78 is 17.4. The summed E-state index contributed by atoms with van der Waals surface area (Å²) >= 11 is 1.42. The fourth-order valence-corrected chi connectivity index (χ4v) is 3.25. The highest BCUT2D eigenvalue weighted by Gasteiger charge is 2.26. The number of hydrogen-bond donors (Lipinski definition) is 0. The Balaban J connectivity index is 1.88. The third kappa shape index (κ3) is 2.72. The molecule has 8 nitrogen and oxygen atoms in total. The van der Waals surface area contributed by atoms with Crippen LogP contribution < -0.4 is 9.47 Å². The van der Waals surface area contributed by atoms with Crippen molar-refractivity contribution in [3.05, 3.63) is 35.0 Å². The van der Waals surface area contributed by atoms with Gasteiger partial charge >= 0.3 is 5.97 Å². The molecule has 0 unspecified atom stereocenters. The van der Waals surface area contributed by atoms with Crippen LogP contribution in [0.15, 0.2) is 23.6 Å². The van der Waals surface area contributed by atoms with Gasteiger partial charge in [0.2, 0.25) is 11.9 Å². The third-order valence-electron chi connectivity index (χ3n) is 3.57. The van der Waals surface area contributed by atoms with E-state index in [0.29, 0.717) is 27.9 Å². The highest BCUT2D eigenvalue weighted by molar-refractivity contribution is 7.12. The Morgan fingerprint density at radius 1 is 1.36 bits per heavy atom. The molecule has 3 aromatic rings. The zero-order valence-corrected chi connectivity index (χ0v) is 14.4. The lowest BCUT2D eigenvalue weighted by Crippen LogP contribution is -2.08. The molecule has 0 bridgehead atoms. The monoisotopic (exact) mass is 358 g/mol. The van der Waals surface area contributed by atoms with Gasteiger partial charge in [0.05, 0.1) is 12.3 Å². The molecule has 0 N–H and O–H groups in total. The molecule has 0 fully saturated rings. The van der Waals surface area contributed by atoms with Crippen LogP contribution in [0.4, 0.5) is 0 Å². The van der Waals surface area contributed by atoms with Crippen molar-refractivity contribution in [2.24, 2.45) is 0 Å². The molecular weight excluding hydrogens is 344 g/mol. The highest BCUT2D eigenvalue weighted by atomic mass is 32.1. The molecule has 3 heterocycles. The van der Waals surface area contributed by atoms with Gasteiger partial charge in [-0.25, -0.2) is 9.78 Å².